The van der Waals surface area contributed by atoms with Crippen LogP contribution in [0.15, 0.2) is 35.0 Å². The van der Waals surface area contributed by atoms with E-state index in [1.165, 1.54) is 6.07 Å². The van der Waals surface area contributed by atoms with E-state index >= 15 is 0 Å². The highest BCUT2D eigenvalue weighted by molar-refractivity contribution is 5.95. The van der Waals surface area contributed by atoms with Gasteiger partial charge in [0.1, 0.15) is 11.8 Å². The van der Waals surface area contributed by atoms with E-state index in [9.17, 15) is 9.90 Å². The van der Waals surface area contributed by atoms with E-state index in [1.54, 1.807) is 19.3 Å². The van der Waals surface area contributed by atoms with Crippen LogP contribution in [-0.2, 0) is 5.60 Å². The molecule has 1 aliphatic carbocycles. The summed E-state index contributed by atoms with van der Waals surface area (Å²) in [5, 5.41) is 22.6. The number of aliphatic hydroxyl groups is 1. The molecule has 1 fully saturated rings. The zero-order valence-corrected chi connectivity index (χ0v) is 13.5. The van der Waals surface area contributed by atoms with Gasteiger partial charge in [0.05, 0.1) is 11.2 Å². The number of nitrogens with one attached hydrogen (secondary N) is 1. The lowest BCUT2D eigenvalue weighted by Crippen LogP contribution is -2.42. The highest BCUT2D eigenvalue weighted by Crippen LogP contribution is 2.36. The number of nitriles is 1. The molecule has 6 heteroatoms. The lowest BCUT2D eigenvalue weighted by atomic mass is 9.78. The van der Waals surface area contributed by atoms with Gasteiger partial charge in [0.25, 0.3) is 5.91 Å². The second kappa shape index (κ2) is 6.46. The number of nitrogens with zero attached hydrogens (tertiary/aromatic N) is 2. The third-order valence-corrected chi connectivity index (χ3v) is 4.62. The Bertz CT molecular complexity index is 769. The number of amides is 1. The van der Waals surface area contributed by atoms with E-state index in [0.717, 1.165) is 5.56 Å². The Morgan fingerprint density at radius 3 is 2.83 bits per heavy atom. The van der Waals surface area contributed by atoms with Crippen LogP contribution in [0.1, 0.15) is 53.1 Å². The maximum absolute atomic E-state index is 12.3. The van der Waals surface area contributed by atoms with E-state index < -0.39 is 5.60 Å². The summed E-state index contributed by atoms with van der Waals surface area (Å²) in [5.74, 6) is 0.327. The van der Waals surface area contributed by atoms with Gasteiger partial charge in [-0.2, -0.15) is 5.26 Å². The average Bonchev–Trinajstić information content (AvgIpc) is 2.99. The number of furan rings is 1. The van der Waals surface area contributed by atoms with Gasteiger partial charge >= 0.3 is 0 Å². The number of rotatable bonds is 3. The van der Waals surface area contributed by atoms with E-state index in [1.807, 2.05) is 18.2 Å². The van der Waals surface area contributed by atoms with Crippen LogP contribution >= 0.6 is 0 Å². The molecule has 2 aromatic rings. The van der Waals surface area contributed by atoms with E-state index in [-0.39, 0.29) is 17.7 Å². The Kier molecular flexibility index (Phi) is 4.36. The lowest BCUT2D eigenvalue weighted by Gasteiger charge is -2.36. The molecule has 6 nitrogen and oxygen atoms in total. The van der Waals surface area contributed by atoms with Gasteiger partial charge in [0, 0.05) is 30.1 Å². The molecule has 2 aromatic heterocycles. The maximum atomic E-state index is 12.3. The fourth-order valence-corrected chi connectivity index (χ4v) is 3.19. The van der Waals surface area contributed by atoms with Gasteiger partial charge in [-0.05, 0) is 38.7 Å². The van der Waals surface area contributed by atoms with Crippen molar-refractivity contribution in [3.63, 3.8) is 0 Å². The van der Waals surface area contributed by atoms with Crippen LogP contribution in [0.5, 0.6) is 0 Å². The molecule has 0 saturated heterocycles. The van der Waals surface area contributed by atoms with E-state index in [0.29, 0.717) is 37.0 Å². The number of hydrogen-bond acceptors (Lipinski definition) is 5. The molecule has 0 bridgehead atoms. The van der Waals surface area contributed by atoms with Gasteiger partial charge in [0.15, 0.2) is 0 Å². The van der Waals surface area contributed by atoms with E-state index in [2.05, 4.69) is 10.3 Å². The number of carbonyl (C=O) groups excluding carboxylic acids is 1. The van der Waals surface area contributed by atoms with Crippen molar-refractivity contribution >= 4 is 5.91 Å². The van der Waals surface area contributed by atoms with Crippen molar-refractivity contribution < 1.29 is 14.3 Å². The Labute approximate surface area is 140 Å². The molecule has 3 rings (SSSR count). The fourth-order valence-electron chi connectivity index (χ4n) is 3.19. The molecule has 1 saturated carbocycles. The molecule has 0 atom stereocenters. The Balaban J connectivity index is 1.62. The number of carbonyl (C=O) groups is 1. The van der Waals surface area contributed by atoms with Crippen LogP contribution < -0.4 is 5.32 Å². The van der Waals surface area contributed by atoms with Crippen molar-refractivity contribution in [1.29, 1.82) is 5.26 Å². The third kappa shape index (κ3) is 3.17. The summed E-state index contributed by atoms with van der Waals surface area (Å²) in [5.41, 5.74) is 0.327. The zero-order chi connectivity index (χ0) is 17.2. The topological polar surface area (TPSA) is 99.2 Å². The standard InChI is InChI=1S/C18H19N3O3/c1-12-16(9-15(10-19)24-12)17(22)21-14-4-6-18(23,7-5-14)13-3-2-8-20-11-13/h2-3,8-9,11,14,23H,4-7H2,1H3,(H,21,22). The van der Waals surface area contributed by atoms with Crippen molar-refractivity contribution in [2.45, 2.75) is 44.2 Å². The van der Waals surface area contributed by atoms with Gasteiger partial charge in [0.2, 0.25) is 5.76 Å². The minimum atomic E-state index is -0.880. The van der Waals surface area contributed by atoms with Crippen molar-refractivity contribution in [3.8, 4) is 6.07 Å². The Hall–Kier alpha value is -2.65. The number of aryl methyl sites for hydroxylation is 1. The smallest absolute Gasteiger partial charge is 0.255 e. The van der Waals surface area contributed by atoms with Gasteiger partial charge in [-0.1, -0.05) is 6.07 Å². The summed E-state index contributed by atoms with van der Waals surface area (Å²) in [6.45, 7) is 1.66. The normalized spacial score (nSPS) is 23.5. The second-order valence-electron chi connectivity index (χ2n) is 6.21. The summed E-state index contributed by atoms with van der Waals surface area (Å²) >= 11 is 0. The second-order valence-corrected chi connectivity index (χ2v) is 6.21. The average molecular weight is 325 g/mol. The first-order chi connectivity index (χ1) is 11.5. The van der Waals surface area contributed by atoms with Gasteiger partial charge in [-0.25, -0.2) is 0 Å². The van der Waals surface area contributed by atoms with Crippen LogP contribution in [0.25, 0.3) is 0 Å². The van der Waals surface area contributed by atoms with Crippen LogP contribution in [0.3, 0.4) is 0 Å². The molecule has 0 aromatic carbocycles. The van der Waals surface area contributed by atoms with Crippen LogP contribution in [-0.4, -0.2) is 22.0 Å². The van der Waals surface area contributed by atoms with Crippen LogP contribution in [0, 0.1) is 18.3 Å². The van der Waals surface area contributed by atoms with Gasteiger partial charge in [-0.15, -0.1) is 0 Å². The first kappa shape index (κ1) is 16.2. The summed E-state index contributed by atoms with van der Waals surface area (Å²) in [4.78, 5) is 16.4. The Morgan fingerprint density at radius 1 is 1.50 bits per heavy atom. The first-order valence-electron chi connectivity index (χ1n) is 7.96. The molecule has 2 N–H and O–H groups in total. The monoisotopic (exact) mass is 325 g/mol. The molecule has 0 aliphatic heterocycles. The molecule has 24 heavy (non-hydrogen) atoms. The number of aromatic nitrogens is 1. The van der Waals surface area contributed by atoms with Crippen molar-refractivity contribution in [2.24, 2.45) is 0 Å². The SMILES string of the molecule is Cc1oc(C#N)cc1C(=O)NC1CCC(O)(c2cccnc2)CC1. The van der Waals surface area contributed by atoms with Crippen LogP contribution in [0.2, 0.25) is 0 Å². The fraction of sp³-hybridized carbons (Fsp3) is 0.389. The molecule has 2 heterocycles. The van der Waals surface area contributed by atoms with Gasteiger partial charge < -0.3 is 14.8 Å². The maximum Gasteiger partial charge on any atom is 0.255 e. The molecule has 0 radical (unpaired) electrons. The molecular weight excluding hydrogens is 306 g/mol. The number of pyridine rings is 1. The molecule has 1 aliphatic rings. The highest BCUT2D eigenvalue weighted by Gasteiger charge is 2.35. The van der Waals surface area contributed by atoms with Crippen LogP contribution in [0.4, 0.5) is 0 Å². The molecular formula is C18H19N3O3. The summed E-state index contributed by atoms with van der Waals surface area (Å²) < 4.78 is 5.20. The van der Waals surface area contributed by atoms with Crippen molar-refractivity contribution in [3.05, 3.63) is 53.2 Å². The summed E-state index contributed by atoms with van der Waals surface area (Å²) in [6, 6.07) is 7.04. The number of hydrogen-bond donors (Lipinski definition) is 2. The summed E-state index contributed by atoms with van der Waals surface area (Å²) in [7, 11) is 0. The quantitative estimate of drug-likeness (QED) is 0.903. The Morgan fingerprint density at radius 2 is 2.25 bits per heavy atom. The molecule has 0 unspecified atom stereocenters. The van der Waals surface area contributed by atoms with Gasteiger partial charge in [-0.3, -0.25) is 9.78 Å². The lowest BCUT2D eigenvalue weighted by molar-refractivity contribution is -0.00832. The molecule has 1 amide bonds. The first-order valence-corrected chi connectivity index (χ1v) is 7.96. The third-order valence-electron chi connectivity index (χ3n) is 4.62. The molecule has 0 spiro atoms. The van der Waals surface area contributed by atoms with E-state index in [4.69, 9.17) is 9.68 Å². The van der Waals surface area contributed by atoms with Crippen molar-refractivity contribution in [1.82, 2.24) is 10.3 Å². The predicted octanol–water partition coefficient (Wildman–Crippen LogP) is 2.41. The minimum Gasteiger partial charge on any atom is -0.450 e. The largest absolute Gasteiger partial charge is 0.450 e. The zero-order valence-electron chi connectivity index (χ0n) is 13.5. The van der Waals surface area contributed by atoms with Crippen molar-refractivity contribution in [2.75, 3.05) is 0 Å². The molecule has 124 valence electrons. The predicted molar refractivity (Wildman–Crippen MR) is 86.0 cm³/mol. The highest BCUT2D eigenvalue weighted by atomic mass is 16.3. The minimum absolute atomic E-state index is 0.00529. The summed E-state index contributed by atoms with van der Waals surface area (Å²) in [6.07, 6.45) is 5.87.